The molecule has 0 spiro atoms. The molecule has 0 bridgehead atoms. The lowest BCUT2D eigenvalue weighted by Crippen LogP contribution is -2.45. The van der Waals surface area contributed by atoms with Crippen LogP contribution in [0.1, 0.15) is 46.5 Å². The fourth-order valence-corrected chi connectivity index (χ4v) is 2.45. The first-order chi connectivity index (χ1) is 9.35. The van der Waals surface area contributed by atoms with Crippen LogP contribution in [0, 0.1) is 5.92 Å². The monoisotopic (exact) mass is 282 g/mol. The van der Waals surface area contributed by atoms with Crippen LogP contribution in [-0.4, -0.2) is 53.6 Å². The largest absolute Gasteiger partial charge is 0.459 e. The maximum absolute atomic E-state index is 12.5. The summed E-state index contributed by atoms with van der Waals surface area (Å²) in [5, 5.41) is 0. The van der Waals surface area contributed by atoms with Crippen molar-refractivity contribution in [2.24, 2.45) is 5.92 Å². The zero-order valence-corrected chi connectivity index (χ0v) is 12.9. The topological polar surface area (TPSA) is 49.9 Å². The van der Waals surface area contributed by atoms with Crippen LogP contribution in [0.5, 0.6) is 0 Å². The highest BCUT2D eigenvalue weighted by atomic mass is 16.6. The molecule has 0 aromatic heterocycles. The molecular weight excluding hydrogens is 256 g/mol. The van der Waals surface area contributed by atoms with E-state index in [1.807, 2.05) is 25.7 Å². The number of ether oxygens (including phenoxy) is 1. The Hall–Kier alpha value is -1.26. The second-order valence-corrected chi connectivity index (χ2v) is 6.89. The fourth-order valence-electron chi connectivity index (χ4n) is 2.45. The van der Waals surface area contributed by atoms with Crippen LogP contribution in [0.25, 0.3) is 0 Å². The molecule has 0 aromatic rings. The third kappa shape index (κ3) is 4.69. The molecule has 2 rings (SSSR count). The van der Waals surface area contributed by atoms with Gasteiger partial charge in [-0.05, 0) is 52.4 Å². The summed E-state index contributed by atoms with van der Waals surface area (Å²) in [4.78, 5) is 27.9. The lowest BCUT2D eigenvalue weighted by Gasteiger charge is -2.28. The minimum Gasteiger partial charge on any atom is -0.459 e. The highest BCUT2D eigenvalue weighted by Gasteiger charge is 2.31. The molecule has 2 fully saturated rings. The van der Waals surface area contributed by atoms with Gasteiger partial charge < -0.3 is 14.5 Å². The smallest absolute Gasteiger partial charge is 0.326 e. The van der Waals surface area contributed by atoms with Crippen LogP contribution in [0.2, 0.25) is 0 Å². The number of carbonyl (C=O) groups excluding carboxylic acids is 2. The molecule has 5 heteroatoms. The highest BCUT2D eigenvalue weighted by Crippen LogP contribution is 2.30. The minimum atomic E-state index is -0.500. The van der Waals surface area contributed by atoms with Gasteiger partial charge >= 0.3 is 12.0 Å². The molecule has 20 heavy (non-hydrogen) atoms. The zero-order valence-electron chi connectivity index (χ0n) is 12.9. The molecule has 0 unspecified atom stereocenters. The number of esters is 1. The number of amides is 2. The van der Waals surface area contributed by atoms with Crippen LogP contribution < -0.4 is 0 Å². The predicted molar refractivity (Wildman–Crippen MR) is 76.3 cm³/mol. The second kappa shape index (κ2) is 6.02. The van der Waals surface area contributed by atoms with Crippen LogP contribution >= 0.6 is 0 Å². The van der Waals surface area contributed by atoms with Crippen molar-refractivity contribution in [2.45, 2.75) is 52.1 Å². The van der Waals surface area contributed by atoms with Crippen LogP contribution in [0.3, 0.4) is 0 Å². The molecule has 114 valence electrons. The summed E-state index contributed by atoms with van der Waals surface area (Å²) in [6.07, 6.45) is 4.44. The first-order valence-corrected chi connectivity index (χ1v) is 7.61. The zero-order chi connectivity index (χ0) is 14.8. The van der Waals surface area contributed by atoms with E-state index in [-0.39, 0.29) is 18.5 Å². The third-order valence-corrected chi connectivity index (χ3v) is 3.56. The van der Waals surface area contributed by atoms with Crippen molar-refractivity contribution < 1.29 is 14.3 Å². The molecule has 1 aliphatic heterocycles. The molecule has 0 N–H and O–H groups in total. The normalized spacial score (nSPS) is 20.9. The van der Waals surface area contributed by atoms with Crippen molar-refractivity contribution in [3.8, 4) is 0 Å². The summed E-state index contributed by atoms with van der Waals surface area (Å²) in [7, 11) is 0. The van der Waals surface area contributed by atoms with Gasteiger partial charge in [0.15, 0.2) is 0 Å². The first kappa shape index (κ1) is 15.1. The molecule has 1 saturated carbocycles. The van der Waals surface area contributed by atoms with Crippen molar-refractivity contribution in [3.05, 3.63) is 0 Å². The Kier molecular flexibility index (Phi) is 4.55. The van der Waals surface area contributed by atoms with Gasteiger partial charge in [-0.3, -0.25) is 4.79 Å². The van der Waals surface area contributed by atoms with E-state index in [9.17, 15) is 9.59 Å². The standard InChI is InChI=1S/C15H26N2O3/c1-15(2,3)20-13(18)11-17-9-5-4-8-16(14(17)19)10-12-6-7-12/h12H,4-11H2,1-3H3. The number of nitrogens with zero attached hydrogens (tertiary/aromatic N) is 2. The van der Waals surface area contributed by atoms with Crippen molar-refractivity contribution in [3.63, 3.8) is 0 Å². The van der Waals surface area contributed by atoms with E-state index in [0.717, 1.165) is 25.9 Å². The Morgan fingerprint density at radius 1 is 1.20 bits per heavy atom. The lowest BCUT2D eigenvalue weighted by molar-refractivity contribution is -0.155. The number of hydrogen-bond acceptors (Lipinski definition) is 3. The Balaban J connectivity index is 1.90. The average Bonchev–Trinajstić information content (AvgIpc) is 3.12. The maximum atomic E-state index is 12.5. The molecule has 0 radical (unpaired) electrons. The molecule has 1 heterocycles. The lowest BCUT2D eigenvalue weighted by atomic mass is 10.2. The van der Waals surface area contributed by atoms with Crippen LogP contribution in [0.15, 0.2) is 0 Å². The summed E-state index contributed by atoms with van der Waals surface area (Å²) in [6, 6.07) is 0.000240. The second-order valence-electron chi connectivity index (χ2n) is 6.89. The van der Waals surface area contributed by atoms with Gasteiger partial charge in [-0.2, -0.15) is 0 Å². The molecule has 2 aliphatic rings. The van der Waals surface area contributed by atoms with E-state index in [1.165, 1.54) is 12.8 Å². The number of carbonyl (C=O) groups is 2. The van der Waals surface area contributed by atoms with Gasteiger partial charge in [0.05, 0.1) is 0 Å². The molecule has 2 amide bonds. The molecule has 1 aliphatic carbocycles. The molecular formula is C15H26N2O3. The number of urea groups is 1. The fraction of sp³-hybridized carbons (Fsp3) is 0.867. The average molecular weight is 282 g/mol. The molecule has 0 atom stereocenters. The van der Waals surface area contributed by atoms with E-state index < -0.39 is 5.60 Å². The Morgan fingerprint density at radius 2 is 1.80 bits per heavy atom. The maximum Gasteiger partial charge on any atom is 0.326 e. The molecule has 5 nitrogen and oxygen atoms in total. The summed E-state index contributed by atoms with van der Waals surface area (Å²) in [5.41, 5.74) is -0.500. The van der Waals surface area contributed by atoms with Crippen LogP contribution in [0.4, 0.5) is 4.79 Å². The van der Waals surface area contributed by atoms with Gasteiger partial charge in [-0.1, -0.05) is 0 Å². The van der Waals surface area contributed by atoms with Crippen molar-refractivity contribution >= 4 is 12.0 Å². The SMILES string of the molecule is CC(C)(C)OC(=O)CN1CCCCN(CC2CC2)C1=O. The van der Waals surface area contributed by atoms with Crippen molar-refractivity contribution in [1.82, 2.24) is 9.80 Å². The molecule has 1 saturated heterocycles. The van der Waals surface area contributed by atoms with E-state index in [2.05, 4.69) is 0 Å². The predicted octanol–water partition coefficient (Wildman–Crippen LogP) is 2.26. The molecule has 0 aromatic carbocycles. The number of hydrogen-bond donors (Lipinski definition) is 0. The van der Waals surface area contributed by atoms with Gasteiger partial charge in [-0.15, -0.1) is 0 Å². The summed E-state index contributed by atoms with van der Waals surface area (Å²) >= 11 is 0. The van der Waals surface area contributed by atoms with Crippen molar-refractivity contribution in [2.75, 3.05) is 26.2 Å². The number of rotatable bonds is 4. The summed E-state index contributed by atoms with van der Waals surface area (Å²) < 4.78 is 5.31. The van der Waals surface area contributed by atoms with Gasteiger partial charge in [0, 0.05) is 19.6 Å². The summed E-state index contributed by atoms with van der Waals surface area (Å²) in [5.74, 6) is 0.361. The van der Waals surface area contributed by atoms with Gasteiger partial charge in [0.2, 0.25) is 0 Å². The van der Waals surface area contributed by atoms with E-state index >= 15 is 0 Å². The third-order valence-electron chi connectivity index (χ3n) is 3.56. The van der Waals surface area contributed by atoms with Crippen LogP contribution in [-0.2, 0) is 9.53 Å². The Bertz CT molecular complexity index is 372. The Labute approximate surface area is 121 Å². The Morgan fingerprint density at radius 3 is 2.35 bits per heavy atom. The van der Waals surface area contributed by atoms with E-state index in [4.69, 9.17) is 4.74 Å². The quantitative estimate of drug-likeness (QED) is 0.743. The summed E-state index contributed by atoms with van der Waals surface area (Å²) in [6.45, 7) is 7.91. The van der Waals surface area contributed by atoms with Gasteiger partial charge in [0.25, 0.3) is 0 Å². The van der Waals surface area contributed by atoms with Gasteiger partial charge in [0.1, 0.15) is 12.1 Å². The van der Waals surface area contributed by atoms with E-state index in [0.29, 0.717) is 12.5 Å². The van der Waals surface area contributed by atoms with Crippen molar-refractivity contribution in [1.29, 1.82) is 0 Å². The first-order valence-electron chi connectivity index (χ1n) is 7.61. The highest BCUT2D eigenvalue weighted by molar-refractivity contribution is 5.81. The minimum absolute atomic E-state index is 0.000240. The van der Waals surface area contributed by atoms with E-state index in [1.54, 1.807) is 4.90 Å². The van der Waals surface area contributed by atoms with Gasteiger partial charge in [-0.25, -0.2) is 4.79 Å².